The average Bonchev–Trinajstić information content (AvgIpc) is 2.93. The molecule has 2 heterocycles. The van der Waals surface area contributed by atoms with Gasteiger partial charge in [-0.2, -0.15) is 15.0 Å². The van der Waals surface area contributed by atoms with Crippen LogP contribution in [-0.2, 0) is 13.0 Å². The number of aryl methyl sites for hydroxylation is 2. The van der Waals surface area contributed by atoms with E-state index in [1.54, 1.807) is 6.33 Å². The van der Waals surface area contributed by atoms with Crippen molar-refractivity contribution in [2.45, 2.75) is 13.0 Å². The first kappa shape index (κ1) is 14.7. The van der Waals surface area contributed by atoms with Crippen molar-refractivity contribution in [1.29, 1.82) is 0 Å². The number of nitrogens with one attached hydrogen (secondary N) is 1. The third kappa shape index (κ3) is 3.93. The maximum Gasteiger partial charge on any atom is 0.234 e. The third-order valence-corrected chi connectivity index (χ3v) is 3.29. The van der Waals surface area contributed by atoms with E-state index in [4.69, 9.17) is 23.2 Å². The summed E-state index contributed by atoms with van der Waals surface area (Å²) in [6.07, 6.45) is 4.55. The molecule has 1 N–H and O–H groups in total. The summed E-state index contributed by atoms with van der Waals surface area (Å²) in [6.45, 7) is 0.831. The number of hydrogen-bond acceptors (Lipinski definition) is 5. The van der Waals surface area contributed by atoms with Crippen LogP contribution < -0.4 is 5.32 Å². The Morgan fingerprint density at radius 2 is 1.73 bits per heavy atom. The Bertz CT molecular complexity index is 739. The summed E-state index contributed by atoms with van der Waals surface area (Å²) in [4.78, 5) is 15.8. The van der Waals surface area contributed by atoms with Crippen molar-refractivity contribution < 1.29 is 0 Å². The summed E-state index contributed by atoms with van der Waals surface area (Å²) in [5.74, 6) is 0.879. The number of nitrogens with zero attached hydrogens (tertiary/aromatic N) is 5. The number of aromatic nitrogens is 5. The third-order valence-electron chi connectivity index (χ3n) is 2.96. The van der Waals surface area contributed by atoms with Gasteiger partial charge in [0.1, 0.15) is 0 Å². The molecule has 0 aliphatic heterocycles. The average molecular weight is 335 g/mol. The fraction of sp³-hybridized carbons (Fsp3) is 0.143. The molecule has 0 aliphatic carbocycles. The van der Waals surface area contributed by atoms with E-state index in [9.17, 15) is 0 Å². The summed E-state index contributed by atoms with van der Waals surface area (Å²) in [6, 6.07) is 10.3. The van der Waals surface area contributed by atoms with Crippen molar-refractivity contribution in [2.24, 2.45) is 0 Å². The van der Waals surface area contributed by atoms with Crippen molar-refractivity contribution >= 4 is 35.0 Å². The molecule has 0 amide bonds. The van der Waals surface area contributed by atoms with E-state index in [1.165, 1.54) is 5.56 Å². The first-order chi connectivity index (χ1) is 10.7. The largest absolute Gasteiger partial charge is 0.335 e. The number of imidazole rings is 1. The van der Waals surface area contributed by atoms with Gasteiger partial charge in [0.25, 0.3) is 0 Å². The summed E-state index contributed by atoms with van der Waals surface area (Å²) in [5, 5.41) is 3.01. The van der Waals surface area contributed by atoms with Gasteiger partial charge in [0.05, 0.1) is 6.33 Å². The number of rotatable bonds is 5. The van der Waals surface area contributed by atoms with Crippen LogP contribution in [0.15, 0.2) is 42.9 Å². The molecule has 0 spiro atoms. The van der Waals surface area contributed by atoms with Crippen molar-refractivity contribution in [2.75, 3.05) is 5.32 Å². The Morgan fingerprint density at radius 3 is 2.45 bits per heavy atom. The maximum absolute atomic E-state index is 5.73. The lowest BCUT2D eigenvalue weighted by atomic mass is 10.1. The molecule has 0 fully saturated rings. The van der Waals surface area contributed by atoms with E-state index in [1.807, 2.05) is 29.0 Å². The van der Waals surface area contributed by atoms with Gasteiger partial charge in [-0.15, -0.1) is 0 Å². The highest BCUT2D eigenvalue weighted by molar-refractivity contribution is 6.31. The van der Waals surface area contributed by atoms with E-state index >= 15 is 0 Å². The van der Waals surface area contributed by atoms with Crippen molar-refractivity contribution in [1.82, 2.24) is 24.5 Å². The highest BCUT2D eigenvalue weighted by Gasteiger charge is 2.05. The molecule has 0 atom stereocenters. The van der Waals surface area contributed by atoms with Crippen LogP contribution in [0.1, 0.15) is 5.56 Å². The second-order valence-corrected chi connectivity index (χ2v) is 5.23. The van der Waals surface area contributed by atoms with Gasteiger partial charge in [-0.05, 0) is 35.2 Å². The SMILES string of the molecule is Clc1nc(Cl)nc(Nc2cn(CCc3ccccc3)cn2)n1. The van der Waals surface area contributed by atoms with Crippen LogP contribution in [0.25, 0.3) is 0 Å². The lowest BCUT2D eigenvalue weighted by Gasteiger charge is -2.03. The number of halogens is 2. The summed E-state index contributed by atoms with van der Waals surface area (Å²) >= 11 is 11.5. The van der Waals surface area contributed by atoms with Gasteiger partial charge in [-0.25, -0.2) is 4.98 Å². The maximum atomic E-state index is 5.73. The van der Waals surface area contributed by atoms with Crippen LogP contribution in [0.3, 0.4) is 0 Å². The molecular weight excluding hydrogens is 323 g/mol. The molecule has 0 unspecified atom stereocenters. The summed E-state index contributed by atoms with van der Waals surface area (Å²) in [5.41, 5.74) is 1.28. The summed E-state index contributed by atoms with van der Waals surface area (Å²) < 4.78 is 1.99. The molecule has 0 saturated heterocycles. The highest BCUT2D eigenvalue weighted by Crippen LogP contribution is 2.14. The highest BCUT2D eigenvalue weighted by atomic mass is 35.5. The van der Waals surface area contributed by atoms with Crippen LogP contribution >= 0.6 is 23.2 Å². The van der Waals surface area contributed by atoms with Gasteiger partial charge >= 0.3 is 0 Å². The number of benzene rings is 1. The lowest BCUT2D eigenvalue weighted by molar-refractivity contribution is 0.696. The Kier molecular flexibility index (Phi) is 4.50. The number of anilines is 2. The fourth-order valence-corrected chi connectivity index (χ4v) is 2.31. The molecule has 1 aromatic carbocycles. The first-order valence-corrected chi connectivity index (χ1v) is 7.34. The van der Waals surface area contributed by atoms with Gasteiger partial charge in [0.2, 0.25) is 16.5 Å². The van der Waals surface area contributed by atoms with Gasteiger partial charge in [0, 0.05) is 12.7 Å². The molecule has 112 valence electrons. The Hall–Kier alpha value is -2.18. The Labute approximate surface area is 137 Å². The molecular formula is C14H12Cl2N6. The molecule has 2 aromatic heterocycles. The second-order valence-electron chi connectivity index (χ2n) is 4.55. The first-order valence-electron chi connectivity index (χ1n) is 6.59. The molecule has 0 saturated carbocycles. The molecule has 0 bridgehead atoms. The standard InChI is InChI=1S/C14H12Cl2N6/c15-12-19-13(16)21-14(20-12)18-11-8-22(9-17-11)7-6-10-4-2-1-3-5-10/h1-5,8-9H,6-7H2,(H,18,19,20,21). The van der Waals surface area contributed by atoms with Crippen molar-refractivity contribution in [3.05, 3.63) is 59.0 Å². The smallest absolute Gasteiger partial charge is 0.234 e. The minimum absolute atomic E-state index is 0.0333. The zero-order chi connectivity index (χ0) is 15.4. The topological polar surface area (TPSA) is 68.5 Å². The van der Waals surface area contributed by atoms with Crippen molar-refractivity contribution in [3.63, 3.8) is 0 Å². The van der Waals surface area contributed by atoms with Gasteiger partial charge in [0.15, 0.2) is 5.82 Å². The van der Waals surface area contributed by atoms with E-state index in [-0.39, 0.29) is 16.5 Å². The second kappa shape index (κ2) is 6.72. The molecule has 0 radical (unpaired) electrons. The van der Waals surface area contributed by atoms with E-state index in [2.05, 4.69) is 37.4 Å². The van der Waals surface area contributed by atoms with Crippen LogP contribution in [-0.4, -0.2) is 24.5 Å². The van der Waals surface area contributed by atoms with Gasteiger partial charge in [-0.1, -0.05) is 30.3 Å². The lowest BCUT2D eigenvalue weighted by Crippen LogP contribution is -2.00. The Morgan fingerprint density at radius 1 is 1.00 bits per heavy atom. The quantitative estimate of drug-likeness (QED) is 0.774. The van der Waals surface area contributed by atoms with E-state index in [0.717, 1.165) is 13.0 Å². The van der Waals surface area contributed by atoms with Crippen LogP contribution in [0.5, 0.6) is 0 Å². The molecule has 22 heavy (non-hydrogen) atoms. The minimum atomic E-state index is 0.0333. The van der Waals surface area contributed by atoms with Crippen LogP contribution in [0, 0.1) is 0 Å². The van der Waals surface area contributed by atoms with Gasteiger partial charge < -0.3 is 9.88 Å². The minimum Gasteiger partial charge on any atom is -0.335 e. The number of hydrogen-bond donors (Lipinski definition) is 1. The molecule has 3 rings (SSSR count). The molecule has 8 heteroatoms. The Balaban J connectivity index is 1.63. The van der Waals surface area contributed by atoms with E-state index < -0.39 is 0 Å². The van der Waals surface area contributed by atoms with Crippen LogP contribution in [0.2, 0.25) is 10.6 Å². The molecule has 6 nitrogen and oxygen atoms in total. The van der Waals surface area contributed by atoms with E-state index in [0.29, 0.717) is 5.82 Å². The summed E-state index contributed by atoms with van der Waals surface area (Å²) in [7, 11) is 0. The van der Waals surface area contributed by atoms with Crippen LogP contribution in [0.4, 0.5) is 11.8 Å². The predicted octanol–water partition coefficient (Wildman–Crippen LogP) is 3.36. The monoisotopic (exact) mass is 334 g/mol. The van der Waals surface area contributed by atoms with Crippen molar-refractivity contribution in [3.8, 4) is 0 Å². The normalized spacial score (nSPS) is 10.6. The molecule has 3 aromatic rings. The predicted molar refractivity (Wildman–Crippen MR) is 85.5 cm³/mol. The molecule has 0 aliphatic rings. The zero-order valence-corrected chi connectivity index (χ0v) is 13.0. The zero-order valence-electron chi connectivity index (χ0n) is 11.4. The van der Waals surface area contributed by atoms with Gasteiger partial charge in [-0.3, -0.25) is 0 Å². The fourth-order valence-electron chi connectivity index (χ4n) is 1.95.